The molecule has 0 unspecified atom stereocenters. The fourth-order valence-electron chi connectivity index (χ4n) is 5.07. The molecule has 1 atom stereocenters. The van der Waals surface area contributed by atoms with E-state index in [0.29, 0.717) is 0 Å². The monoisotopic (exact) mass is 376 g/mol. The molecular weight excluding hydrogens is 348 g/mol. The Bertz CT molecular complexity index is 899. The summed E-state index contributed by atoms with van der Waals surface area (Å²) >= 11 is 0. The number of hydrogen-bond donors (Lipinski definition) is 0. The molecule has 4 heteroatoms. The lowest BCUT2D eigenvalue weighted by molar-refractivity contribution is -0.146. The van der Waals surface area contributed by atoms with Gasteiger partial charge in [0.2, 0.25) is 0 Å². The first-order valence-corrected chi connectivity index (χ1v) is 10.5. The van der Waals surface area contributed by atoms with Crippen LogP contribution in [0.4, 0.5) is 0 Å². The summed E-state index contributed by atoms with van der Waals surface area (Å²) in [5.41, 5.74) is 3.22. The van der Waals surface area contributed by atoms with E-state index >= 15 is 0 Å². The second kappa shape index (κ2) is 6.84. The molecule has 0 aromatic heterocycles. The molecule has 1 fully saturated rings. The Morgan fingerprint density at radius 3 is 2.75 bits per heavy atom. The summed E-state index contributed by atoms with van der Waals surface area (Å²) in [6.45, 7) is 2.30. The smallest absolute Gasteiger partial charge is 0.198 e. The van der Waals surface area contributed by atoms with Crippen molar-refractivity contribution in [3.8, 4) is 11.5 Å². The number of fused-ring (bicyclic) bond motifs is 4. The van der Waals surface area contributed by atoms with E-state index in [9.17, 15) is 0 Å². The van der Waals surface area contributed by atoms with Crippen LogP contribution in [0, 0.1) is 5.92 Å². The lowest BCUT2D eigenvalue weighted by atomic mass is 9.80. The van der Waals surface area contributed by atoms with Gasteiger partial charge in [0, 0.05) is 30.4 Å². The van der Waals surface area contributed by atoms with Gasteiger partial charge in [-0.15, -0.1) is 0 Å². The third kappa shape index (κ3) is 2.78. The first-order chi connectivity index (χ1) is 13.7. The van der Waals surface area contributed by atoms with E-state index in [0.717, 1.165) is 48.0 Å². The van der Waals surface area contributed by atoms with E-state index in [4.69, 9.17) is 14.6 Å². The third-order valence-corrected chi connectivity index (χ3v) is 6.77. The van der Waals surface area contributed by atoms with Crippen molar-refractivity contribution in [3.63, 3.8) is 0 Å². The zero-order chi connectivity index (χ0) is 19.1. The highest BCUT2D eigenvalue weighted by molar-refractivity contribution is 6.02. The molecule has 0 N–H and O–H groups in total. The highest BCUT2D eigenvalue weighted by Crippen LogP contribution is 2.52. The second-order valence-electron chi connectivity index (χ2n) is 8.28. The van der Waals surface area contributed by atoms with Crippen molar-refractivity contribution in [2.45, 2.75) is 57.2 Å². The van der Waals surface area contributed by atoms with Crippen LogP contribution in [0.5, 0.6) is 11.5 Å². The van der Waals surface area contributed by atoms with Crippen LogP contribution in [0.2, 0.25) is 0 Å². The van der Waals surface area contributed by atoms with E-state index < -0.39 is 0 Å². The molecule has 2 aliphatic heterocycles. The average Bonchev–Trinajstić information content (AvgIpc) is 3.21. The molecule has 1 saturated carbocycles. The van der Waals surface area contributed by atoms with Gasteiger partial charge >= 0.3 is 0 Å². The summed E-state index contributed by atoms with van der Waals surface area (Å²) in [7, 11) is 1.71. The minimum Gasteiger partial charge on any atom is -0.497 e. The van der Waals surface area contributed by atoms with Crippen LogP contribution in [-0.4, -0.2) is 23.6 Å². The van der Waals surface area contributed by atoms with Gasteiger partial charge in [0.15, 0.2) is 5.72 Å². The van der Waals surface area contributed by atoms with E-state index in [2.05, 4.69) is 48.3 Å². The minimum atomic E-state index is -0.300. The Labute approximate surface area is 167 Å². The van der Waals surface area contributed by atoms with Gasteiger partial charge in [0.05, 0.1) is 18.9 Å². The largest absolute Gasteiger partial charge is 0.497 e. The summed E-state index contributed by atoms with van der Waals surface area (Å²) in [5.74, 6) is 2.73. The molecule has 1 aliphatic carbocycles. The number of benzene rings is 2. The lowest BCUT2D eigenvalue weighted by Crippen LogP contribution is -2.55. The van der Waals surface area contributed by atoms with Gasteiger partial charge in [-0.2, -0.15) is 5.10 Å². The second-order valence-corrected chi connectivity index (χ2v) is 8.28. The number of ether oxygens (including phenoxy) is 2. The molecule has 0 bridgehead atoms. The van der Waals surface area contributed by atoms with Crippen molar-refractivity contribution in [1.82, 2.24) is 5.01 Å². The molecule has 3 aliphatic rings. The van der Waals surface area contributed by atoms with Crippen LogP contribution < -0.4 is 9.47 Å². The van der Waals surface area contributed by atoms with Gasteiger partial charge < -0.3 is 9.47 Å². The van der Waals surface area contributed by atoms with Crippen molar-refractivity contribution in [2.75, 3.05) is 7.11 Å². The van der Waals surface area contributed by atoms with Crippen molar-refractivity contribution in [1.29, 1.82) is 0 Å². The standard InChI is InChI=1S/C24H28N2O2/c1-3-17-11-13-24(14-12-17)26-22(20-9-4-5-10-23(20)28-24)16-21(25-26)18-7-6-8-19(15-18)27-2/h4-10,15,17,22H,3,11-14,16H2,1-2H3/t17?,22-,24?/m0/s1. The molecule has 1 spiro atoms. The molecule has 4 nitrogen and oxygen atoms in total. The van der Waals surface area contributed by atoms with Gasteiger partial charge in [-0.3, -0.25) is 0 Å². The van der Waals surface area contributed by atoms with Crippen molar-refractivity contribution >= 4 is 5.71 Å². The third-order valence-electron chi connectivity index (χ3n) is 6.77. The zero-order valence-corrected chi connectivity index (χ0v) is 16.7. The highest BCUT2D eigenvalue weighted by atomic mass is 16.5. The number of hydrazone groups is 1. The number of rotatable bonds is 3. The molecule has 5 rings (SSSR count). The molecule has 146 valence electrons. The van der Waals surface area contributed by atoms with E-state index in [-0.39, 0.29) is 11.8 Å². The average molecular weight is 377 g/mol. The predicted octanol–water partition coefficient (Wildman–Crippen LogP) is 5.54. The van der Waals surface area contributed by atoms with E-state index in [1.165, 1.54) is 24.8 Å². The van der Waals surface area contributed by atoms with Crippen LogP contribution in [-0.2, 0) is 0 Å². The van der Waals surface area contributed by atoms with Crippen LogP contribution in [0.3, 0.4) is 0 Å². The molecule has 2 heterocycles. The SMILES string of the molecule is CCC1CCC2(CC1)Oc1ccccc1[C@@H]1CC(c3cccc(OC)c3)=NN12. The Kier molecular flexibility index (Phi) is 4.30. The van der Waals surface area contributed by atoms with Crippen LogP contribution >= 0.6 is 0 Å². The number of hydrogen-bond acceptors (Lipinski definition) is 4. The summed E-state index contributed by atoms with van der Waals surface area (Å²) in [6, 6.07) is 17.0. The summed E-state index contributed by atoms with van der Waals surface area (Å²) in [5, 5.41) is 7.45. The van der Waals surface area contributed by atoms with E-state index in [1.807, 2.05) is 12.1 Å². The predicted molar refractivity (Wildman–Crippen MR) is 111 cm³/mol. The number of methoxy groups -OCH3 is 1. The Morgan fingerprint density at radius 1 is 1.14 bits per heavy atom. The first-order valence-electron chi connectivity index (χ1n) is 10.5. The lowest BCUT2D eigenvalue weighted by Gasteiger charge is -2.50. The maximum Gasteiger partial charge on any atom is 0.198 e. The quantitative estimate of drug-likeness (QED) is 0.706. The molecule has 2 aromatic carbocycles. The van der Waals surface area contributed by atoms with Crippen LogP contribution in [0.1, 0.15) is 62.6 Å². The van der Waals surface area contributed by atoms with Gasteiger partial charge in [0.25, 0.3) is 0 Å². The molecule has 0 amide bonds. The molecule has 0 radical (unpaired) electrons. The Hall–Kier alpha value is -2.49. The summed E-state index contributed by atoms with van der Waals surface area (Å²) in [6.07, 6.45) is 6.69. The summed E-state index contributed by atoms with van der Waals surface area (Å²) in [4.78, 5) is 0. The maximum absolute atomic E-state index is 6.69. The Morgan fingerprint density at radius 2 is 1.96 bits per heavy atom. The first kappa shape index (κ1) is 17.6. The van der Waals surface area contributed by atoms with Crippen molar-refractivity contribution in [3.05, 3.63) is 59.7 Å². The van der Waals surface area contributed by atoms with Crippen LogP contribution in [0.15, 0.2) is 53.6 Å². The fraction of sp³-hybridized carbons (Fsp3) is 0.458. The van der Waals surface area contributed by atoms with Crippen LogP contribution in [0.25, 0.3) is 0 Å². The maximum atomic E-state index is 6.69. The minimum absolute atomic E-state index is 0.254. The van der Waals surface area contributed by atoms with Gasteiger partial charge in [0.1, 0.15) is 11.5 Å². The molecule has 28 heavy (non-hydrogen) atoms. The van der Waals surface area contributed by atoms with Crippen molar-refractivity contribution in [2.24, 2.45) is 11.0 Å². The van der Waals surface area contributed by atoms with Crippen molar-refractivity contribution < 1.29 is 9.47 Å². The number of nitrogens with zero attached hydrogens (tertiary/aromatic N) is 2. The fourth-order valence-corrected chi connectivity index (χ4v) is 5.07. The highest BCUT2D eigenvalue weighted by Gasteiger charge is 2.51. The topological polar surface area (TPSA) is 34.1 Å². The normalized spacial score (nSPS) is 28.4. The van der Waals surface area contributed by atoms with Gasteiger partial charge in [-0.25, -0.2) is 5.01 Å². The van der Waals surface area contributed by atoms with Gasteiger partial charge in [-0.1, -0.05) is 43.7 Å². The zero-order valence-electron chi connectivity index (χ0n) is 16.7. The van der Waals surface area contributed by atoms with Gasteiger partial charge in [-0.05, 0) is 37.0 Å². The van der Waals surface area contributed by atoms with E-state index in [1.54, 1.807) is 7.11 Å². The number of para-hydroxylation sites is 1. The Balaban J connectivity index is 1.54. The molecular formula is C24H28N2O2. The molecule has 2 aromatic rings. The summed E-state index contributed by atoms with van der Waals surface area (Å²) < 4.78 is 12.1. The molecule has 0 saturated heterocycles.